The molecule has 4 saturated heterocycles. The Hall–Kier alpha value is -1.69. The smallest absolute Gasteiger partial charge is 0.227 e. The van der Waals surface area contributed by atoms with Gasteiger partial charge in [0.15, 0.2) is 0 Å². The molecule has 28 heavy (non-hydrogen) atoms. The molecule has 0 spiro atoms. The second kappa shape index (κ2) is 6.97. The second-order valence-corrected chi connectivity index (χ2v) is 9.30. The summed E-state index contributed by atoms with van der Waals surface area (Å²) in [4.78, 5) is 7.36. The summed E-state index contributed by atoms with van der Waals surface area (Å²) in [6, 6.07) is 3.12. The summed E-state index contributed by atoms with van der Waals surface area (Å²) in [5, 5.41) is 4.89. The maximum Gasteiger partial charge on any atom is 0.227 e. The maximum atomic E-state index is 14.4. The van der Waals surface area contributed by atoms with Gasteiger partial charge in [-0.3, -0.25) is 0 Å². The highest BCUT2D eigenvalue weighted by atomic mass is 19.1. The average molecular weight is 387 g/mol. The van der Waals surface area contributed by atoms with Gasteiger partial charge in [-0.1, -0.05) is 13.0 Å². The minimum atomic E-state index is -1.12. The number of hydrogen-bond donors (Lipinski definition) is 0. The predicted molar refractivity (Wildman–Crippen MR) is 107 cm³/mol. The Morgan fingerprint density at radius 1 is 1.25 bits per heavy atom. The number of piperidine rings is 2. The second-order valence-electron chi connectivity index (χ2n) is 9.30. The van der Waals surface area contributed by atoms with Crippen molar-refractivity contribution in [1.82, 2.24) is 14.7 Å². The summed E-state index contributed by atoms with van der Waals surface area (Å²) < 4.78 is 22.5. The van der Waals surface area contributed by atoms with Gasteiger partial charge in [0, 0.05) is 31.3 Å². The number of hydrogen-bond acceptors (Lipinski definition) is 4. The van der Waals surface area contributed by atoms with Crippen molar-refractivity contribution in [2.24, 2.45) is 10.9 Å². The highest BCUT2D eigenvalue weighted by Crippen LogP contribution is 2.42. The first-order valence-corrected chi connectivity index (χ1v) is 10.9. The van der Waals surface area contributed by atoms with Gasteiger partial charge in [0.05, 0.1) is 17.5 Å². The fourth-order valence-corrected chi connectivity index (χ4v) is 5.39. The van der Waals surface area contributed by atoms with E-state index in [0.29, 0.717) is 43.4 Å². The van der Waals surface area contributed by atoms with Crippen LogP contribution in [0.25, 0.3) is 0 Å². The lowest BCUT2D eigenvalue weighted by molar-refractivity contribution is 0.0152. The average Bonchev–Trinajstić information content (AvgIpc) is 2.77. The molecule has 6 heteroatoms. The van der Waals surface area contributed by atoms with Crippen LogP contribution in [0.5, 0.6) is 0 Å². The van der Waals surface area contributed by atoms with Crippen molar-refractivity contribution >= 4 is 5.96 Å². The standard InChI is InChI=1S/C22H31FN4O/c1-3-22(2,23)7-6-16-11-17-5-4-8-24-21(27(17)25-16)26-18-9-15-10-19(26)13-20(12-18)28-14-15/h4,8,11,15,18-20H,3,5-7,9-10,12-14H2,1-2H3. The zero-order valence-electron chi connectivity index (χ0n) is 17.0. The van der Waals surface area contributed by atoms with Gasteiger partial charge in [-0.25, -0.2) is 14.1 Å². The third-order valence-electron chi connectivity index (χ3n) is 7.15. The molecule has 5 nitrogen and oxygen atoms in total. The Bertz CT molecular complexity index is 766. The largest absolute Gasteiger partial charge is 0.378 e. The first kappa shape index (κ1) is 18.3. The van der Waals surface area contributed by atoms with Crippen LogP contribution >= 0.6 is 0 Å². The summed E-state index contributed by atoms with van der Waals surface area (Å²) in [6.07, 6.45) is 11.5. The zero-order chi connectivity index (χ0) is 19.3. The predicted octanol–water partition coefficient (Wildman–Crippen LogP) is 3.87. The molecule has 3 unspecified atom stereocenters. The maximum absolute atomic E-state index is 14.4. The fraction of sp³-hybridized carbons (Fsp3) is 0.727. The lowest BCUT2D eigenvalue weighted by atomic mass is 9.79. The van der Waals surface area contributed by atoms with Gasteiger partial charge < -0.3 is 9.64 Å². The van der Waals surface area contributed by atoms with Crippen LogP contribution in [0.3, 0.4) is 0 Å². The molecule has 5 aliphatic rings. The summed E-state index contributed by atoms with van der Waals surface area (Å²) >= 11 is 0. The molecule has 0 radical (unpaired) electrons. The molecule has 1 aromatic heterocycles. The Balaban J connectivity index is 1.42. The highest BCUT2D eigenvalue weighted by molar-refractivity contribution is 5.84. The van der Waals surface area contributed by atoms with Crippen molar-refractivity contribution in [3.8, 4) is 0 Å². The molecule has 152 valence electrons. The van der Waals surface area contributed by atoms with Crippen LogP contribution in [0.1, 0.15) is 63.8 Å². The minimum absolute atomic E-state index is 0.407. The molecule has 0 N–H and O–H groups in total. The number of halogens is 1. The van der Waals surface area contributed by atoms with Crippen molar-refractivity contribution in [2.75, 3.05) is 6.61 Å². The van der Waals surface area contributed by atoms with Crippen molar-refractivity contribution in [3.05, 3.63) is 29.7 Å². The fourth-order valence-electron chi connectivity index (χ4n) is 5.39. The van der Waals surface area contributed by atoms with Gasteiger partial charge in [0.2, 0.25) is 5.96 Å². The molecule has 4 bridgehead atoms. The molecule has 0 saturated carbocycles. The lowest BCUT2D eigenvalue weighted by Gasteiger charge is -2.49. The number of ether oxygens (including phenoxy) is 1. The number of rotatable bonds is 4. The number of aliphatic imine (C=N–C) groups is 1. The van der Waals surface area contributed by atoms with Crippen LogP contribution in [0.4, 0.5) is 4.39 Å². The molecule has 6 rings (SSSR count). The molecular formula is C22H31FN4O. The Morgan fingerprint density at radius 3 is 2.79 bits per heavy atom. The van der Waals surface area contributed by atoms with Crippen molar-refractivity contribution in [1.29, 1.82) is 0 Å². The van der Waals surface area contributed by atoms with Crippen LogP contribution < -0.4 is 0 Å². The Kier molecular flexibility index (Phi) is 4.57. The van der Waals surface area contributed by atoms with Gasteiger partial charge >= 0.3 is 0 Å². The van der Waals surface area contributed by atoms with Crippen LogP contribution in [0.2, 0.25) is 0 Å². The molecule has 0 aromatic carbocycles. The van der Waals surface area contributed by atoms with Gasteiger partial charge in [-0.15, -0.1) is 0 Å². The van der Waals surface area contributed by atoms with E-state index < -0.39 is 5.67 Å². The first-order valence-electron chi connectivity index (χ1n) is 10.9. The van der Waals surface area contributed by atoms with Gasteiger partial charge in [-0.2, -0.15) is 5.10 Å². The number of aryl methyl sites for hydroxylation is 1. The van der Waals surface area contributed by atoms with E-state index in [1.807, 2.05) is 17.8 Å². The topological polar surface area (TPSA) is 42.7 Å². The van der Waals surface area contributed by atoms with Crippen LogP contribution in [0.15, 0.2) is 23.3 Å². The molecule has 3 atom stereocenters. The van der Waals surface area contributed by atoms with Gasteiger partial charge in [0.1, 0.15) is 5.67 Å². The van der Waals surface area contributed by atoms with Crippen molar-refractivity contribution < 1.29 is 9.13 Å². The molecule has 1 aromatic rings. The Morgan fingerprint density at radius 2 is 2.04 bits per heavy atom. The molecular weight excluding hydrogens is 355 g/mol. The number of alkyl halides is 1. The van der Waals surface area contributed by atoms with E-state index in [1.165, 1.54) is 12.8 Å². The van der Waals surface area contributed by atoms with E-state index in [9.17, 15) is 4.39 Å². The van der Waals surface area contributed by atoms with E-state index in [2.05, 4.69) is 17.0 Å². The molecule has 0 aliphatic carbocycles. The minimum Gasteiger partial charge on any atom is -0.378 e. The van der Waals surface area contributed by atoms with E-state index in [4.69, 9.17) is 14.8 Å². The number of fused-ring (bicyclic) bond motifs is 2. The third kappa shape index (κ3) is 3.30. The van der Waals surface area contributed by atoms with Crippen LogP contribution in [-0.4, -0.2) is 51.1 Å². The molecule has 6 heterocycles. The van der Waals surface area contributed by atoms with Crippen molar-refractivity contribution in [2.45, 2.75) is 89.1 Å². The number of nitrogens with zero attached hydrogens (tertiary/aromatic N) is 4. The van der Waals surface area contributed by atoms with E-state index in [1.54, 1.807) is 6.92 Å². The van der Waals surface area contributed by atoms with E-state index >= 15 is 0 Å². The van der Waals surface area contributed by atoms with Gasteiger partial charge in [-0.05, 0) is 63.9 Å². The number of allylic oxidation sites excluding steroid dienone is 1. The summed E-state index contributed by atoms with van der Waals surface area (Å²) in [6.45, 7) is 4.52. The summed E-state index contributed by atoms with van der Waals surface area (Å²) in [5.74, 6) is 1.65. The van der Waals surface area contributed by atoms with Crippen LogP contribution in [-0.2, 0) is 17.6 Å². The Labute approximate surface area is 166 Å². The normalized spacial score (nSPS) is 33.2. The SMILES string of the molecule is CCC(C)(F)CCc1cc2n(n1)C(N1C3CC4COC(C3)CC1C4)=NC=CC2. The number of aromatic nitrogens is 2. The third-order valence-corrected chi connectivity index (χ3v) is 7.15. The molecule has 5 aliphatic heterocycles. The van der Waals surface area contributed by atoms with Gasteiger partial charge in [0.25, 0.3) is 0 Å². The highest BCUT2D eigenvalue weighted by Gasteiger charge is 2.47. The van der Waals surface area contributed by atoms with E-state index in [0.717, 1.165) is 43.2 Å². The summed E-state index contributed by atoms with van der Waals surface area (Å²) in [5.41, 5.74) is 1.00. The monoisotopic (exact) mass is 386 g/mol. The summed E-state index contributed by atoms with van der Waals surface area (Å²) in [7, 11) is 0. The van der Waals surface area contributed by atoms with Crippen molar-refractivity contribution in [3.63, 3.8) is 0 Å². The molecule has 0 amide bonds. The van der Waals surface area contributed by atoms with Crippen LogP contribution in [0, 0.1) is 5.92 Å². The molecule has 4 fully saturated rings. The quantitative estimate of drug-likeness (QED) is 0.789. The zero-order valence-corrected chi connectivity index (χ0v) is 17.0. The lowest BCUT2D eigenvalue weighted by Crippen LogP contribution is -2.58. The van der Waals surface area contributed by atoms with E-state index in [-0.39, 0.29) is 0 Å². The first-order chi connectivity index (χ1) is 13.5.